The summed E-state index contributed by atoms with van der Waals surface area (Å²) in [6, 6.07) is 14.0. The average molecular weight is 297 g/mol. The molecule has 6 heteroatoms. The van der Waals surface area contributed by atoms with Gasteiger partial charge < -0.3 is 9.67 Å². The Morgan fingerprint density at radius 1 is 1.23 bits per heavy atom. The molecule has 1 aromatic heterocycles. The fraction of sp³-hybridized carbons (Fsp3) is 0.188. The summed E-state index contributed by atoms with van der Waals surface area (Å²) in [7, 11) is 0. The van der Waals surface area contributed by atoms with E-state index >= 15 is 0 Å². The van der Waals surface area contributed by atoms with Gasteiger partial charge in [-0.25, -0.2) is 4.98 Å². The van der Waals surface area contributed by atoms with Crippen molar-refractivity contribution >= 4 is 16.7 Å². The zero-order chi connectivity index (χ0) is 15.7. The molecule has 0 saturated heterocycles. The number of imidazole rings is 1. The van der Waals surface area contributed by atoms with Gasteiger partial charge >= 0.3 is 0 Å². The summed E-state index contributed by atoms with van der Waals surface area (Å²) >= 11 is 0. The number of hydrogen-bond donors (Lipinski definition) is 1. The predicted molar refractivity (Wildman–Crippen MR) is 83.5 cm³/mol. The number of nitro groups is 1. The first-order chi connectivity index (χ1) is 10.6. The van der Waals surface area contributed by atoms with Gasteiger partial charge in [0.1, 0.15) is 5.82 Å². The molecule has 0 saturated carbocycles. The molecule has 3 aromatic rings. The van der Waals surface area contributed by atoms with Crippen LogP contribution in [0.4, 0.5) is 5.69 Å². The SMILES string of the molecule is CC(O)Cn1c(-c2ccccc2[N+](=O)[O-])nc2ccccc21. The van der Waals surface area contributed by atoms with Crippen LogP contribution < -0.4 is 0 Å². The topological polar surface area (TPSA) is 81.2 Å². The molecule has 3 rings (SSSR count). The molecule has 6 nitrogen and oxygen atoms in total. The maximum Gasteiger partial charge on any atom is 0.280 e. The van der Waals surface area contributed by atoms with E-state index in [9.17, 15) is 15.2 Å². The fourth-order valence-electron chi connectivity index (χ4n) is 2.55. The van der Waals surface area contributed by atoms with Gasteiger partial charge in [-0.05, 0) is 25.1 Å². The highest BCUT2D eigenvalue weighted by atomic mass is 16.6. The van der Waals surface area contributed by atoms with Gasteiger partial charge in [-0.15, -0.1) is 0 Å². The van der Waals surface area contributed by atoms with Crippen LogP contribution >= 0.6 is 0 Å². The van der Waals surface area contributed by atoms with Crippen LogP contribution in [0, 0.1) is 10.1 Å². The average Bonchev–Trinajstić information content (AvgIpc) is 2.85. The Hall–Kier alpha value is -2.73. The fourth-order valence-corrected chi connectivity index (χ4v) is 2.55. The molecule has 0 bridgehead atoms. The van der Waals surface area contributed by atoms with Crippen LogP contribution in [0.2, 0.25) is 0 Å². The number of fused-ring (bicyclic) bond motifs is 1. The minimum absolute atomic E-state index is 0.00430. The van der Waals surface area contributed by atoms with Gasteiger partial charge in [0.05, 0.1) is 34.2 Å². The van der Waals surface area contributed by atoms with Crippen molar-refractivity contribution in [1.29, 1.82) is 0 Å². The largest absolute Gasteiger partial charge is 0.392 e. The minimum atomic E-state index is -0.584. The summed E-state index contributed by atoms with van der Waals surface area (Å²) in [5.74, 6) is 0.495. The van der Waals surface area contributed by atoms with Crippen molar-refractivity contribution in [2.45, 2.75) is 19.6 Å². The third-order valence-corrected chi connectivity index (χ3v) is 3.44. The smallest absolute Gasteiger partial charge is 0.280 e. The quantitative estimate of drug-likeness (QED) is 0.593. The molecule has 0 amide bonds. The Balaban J connectivity index is 2.29. The number of rotatable bonds is 4. The first-order valence-corrected chi connectivity index (χ1v) is 6.95. The lowest BCUT2D eigenvalue weighted by Crippen LogP contribution is -2.13. The Morgan fingerprint density at radius 2 is 1.91 bits per heavy atom. The summed E-state index contributed by atoms with van der Waals surface area (Å²) in [4.78, 5) is 15.4. The summed E-state index contributed by atoms with van der Waals surface area (Å²) < 4.78 is 1.82. The Morgan fingerprint density at radius 3 is 2.64 bits per heavy atom. The van der Waals surface area contributed by atoms with E-state index < -0.39 is 11.0 Å². The highest BCUT2D eigenvalue weighted by Gasteiger charge is 2.21. The number of nitrogens with zero attached hydrogens (tertiary/aromatic N) is 3. The number of para-hydroxylation sites is 3. The van der Waals surface area contributed by atoms with Crippen molar-refractivity contribution in [2.24, 2.45) is 0 Å². The molecule has 0 aliphatic heterocycles. The zero-order valence-corrected chi connectivity index (χ0v) is 12.0. The van der Waals surface area contributed by atoms with Crippen molar-refractivity contribution < 1.29 is 10.0 Å². The number of benzene rings is 2. The molecule has 0 fully saturated rings. The van der Waals surface area contributed by atoms with Crippen molar-refractivity contribution in [3.05, 3.63) is 58.6 Å². The minimum Gasteiger partial charge on any atom is -0.392 e. The van der Waals surface area contributed by atoms with E-state index in [4.69, 9.17) is 0 Å². The second kappa shape index (κ2) is 5.57. The first kappa shape index (κ1) is 14.2. The van der Waals surface area contributed by atoms with E-state index in [-0.39, 0.29) is 5.69 Å². The van der Waals surface area contributed by atoms with Gasteiger partial charge in [-0.3, -0.25) is 10.1 Å². The molecule has 1 atom stereocenters. The molecule has 2 aromatic carbocycles. The van der Waals surface area contributed by atoms with Crippen molar-refractivity contribution in [3.8, 4) is 11.4 Å². The molecule has 0 radical (unpaired) electrons. The lowest BCUT2D eigenvalue weighted by atomic mass is 10.1. The third kappa shape index (κ3) is 2.44. The summed E-state index contributed by atoms with van der Waals surface area (Å²) in [6.07, 6.45) is -0.584. The number of aromatic nitrogens is 2. The van der Waals surface area contributed by atoms with Gasteiger partial charge in [0, 0.05) is 6.07 Å². The van der Waals surface area contributed by atoms with Crippen molar-refractivity contribution in [1.82, 2.24) is 9.55 Å². The van der Waals surface area contributed by atoms with E-state index in [0.717, 1.165) is 11.0 Å². The van der Waals surface area contributed by atoms with Gasteiger partial charge in [-0.2, -0.15) is 0 Å². The lowest BCUT2D eigenvalue weighted by Gasteiger charge is -2.11. The molecule has 22 heavy (non-hydrogen) atoms. The molecular weight excluding hydrogens is 282 g/mol. The van der Waals surface area contributed by atoms with Crippen LogP contribution in [-0.2, 0) is 6.54 Å². The highest BCUT2D eigenvalue weighted by molar-refractivity contribution is 5.82. The normalized spacial score (nSPS) is 12.5. The Labute approximate surface area is 126 Å². The Bertz CT molecular complexity index is 840. The summed E-state index contributed by atoms with van der Waals surface area (Å²) in [6.45, 7) is 2.00. The number of nitro benzene ring substituents is 1. The highest BCUT2D eigenvalue weighted by Crippen LogP contribution is 2.31. The molecule has 0 spiro atoms. The zero-order valence-electron chi connectivity index (χ0n) is 12.0. The monoisotopic (exact) mass is 297 g/mol. The second-order valence-electron chi connectivity index (χ2n) is 5.16. The van der Waals surface area contributed by atoms with E-state index in [2.05, 4.69) is 4.98 Å². The van der Waals surface area contributed by atoms with Crippen LogP contribution in [0.3, 0.4) is 0 Å². The third-order valence-electron chi connectivity index (χ3n) is 3.44. The molecule has 1 heterocycles. The van der Waals surface area contributed by atoms with E-state index in [1.54, 1.807) is 25.1 Å². The maximum absolute atomic E-state index is 11.3. The molecule has 112 valence electrons. The van der Waals surface area contributed by atoms with E-state index in [1.165, 1.54) is 6.07 Å². The standard InChI is InChI=1S/C16H15N3O3/c1-11(20)10-18-15-9-5-3-7-13(15)17-16(18)12-6-2-4-8-14(12)19(21)22/h2-9,11,20H,10H2,1H3. The van der Waals surface area contributed by atoms with Gasteiger partial charge in [-0.1, -0.05) is 24.3 Å². The first-order valence-electron chi connectivity index (χ1n) is 6.95. The van der Waals surface area contributed by atoms with E-state index in [0.29, 0.717) is 17.9 Å². The number of aliphatic hydroxyl groups excluding tert-OH is 1. The van der Waals surface area contributed by atoms with Gasteiger partial charge in [0.25, 0.3) is 5.69 Å². The van der Waals surface area contributed by atoms with E-state index in [1.807, 2.05) is 28.8 Å². The molecule has 0 aliphatic rings. The van der Waals surface area contributed by atoms with Crippen LogP contribution in [0.15, 0.2) is 48.5 Å². The van der Waals surface area contributed by atoms with Gasteiger partial charge in [0.2, 0.25) is 0 Å². The Kier molecular flexibility index (Phi) is 3.60. The lowest BCUT2D eigenvalue weighted by molar-refractivity contribution is -0.384. The summed E-state index contributed by atoms with van der Waals surface area (Å²) in [5, 5.41) is 21.0. The molecule has 1 unspecified atom stereocenters. The van der Waals surface area contributed by atoms with Crippen molar-refractivity contribution in [3.63, 3.8) is 0 Å². The van der Waals surface area contributed by atoms with Crippen LogP contribution in [-0.4, -0.2) is 25.7 Å². The summed E-state index contributed by atoms with van der Waals surface area (Å²) in [5.41, 5.74) is 2.04. The molecule has 1 N–H and O–H groups in total. The van der Waals surface area contributed by atoms with Crippen LogP contribution in [0.25, 0.3) is 22.4 Å². The van der Waals surface area contributed by atoms with Crippen LogP contribution in [0.1, 0.15) is 6.92 Å². The molecular formula is C16H15N3O3. The molecule has 0 aliphatic carbocycles. The maximum atomic E-state index is 11.3. The van der Waals surface area contributed by atoms with Crippen LogP contribution in [0.5, 0.6) is 0 Å². The van der Waals surface area contributed by atoms with Crippen molar-refractivity contribution in [2.75, 3.05) is 0 Å². The second-order valence-corrected chi connectivity index (χ2v) is 5.16. The number of hydrogen-bond acceptors (Lipinski definition) is 4. The van der Waals surface area contributed by atoms with Gasteiger partial charge in [0.15, 0.2) is 0 Å². The predicted octanol–water partition coefficient (Wildman–Crippen LogP) is 2.99. The number of aliphatic hydroxyl groups is 1.